The summed E-state index contributed by atoms with van der Waals surface area (Å²) in [5.74, 6) is 0.00510. The molecule has 0 radical (unpaired) electrons. The van der Waals surface area contributed by atoms with Crippen molar-refractivity contribution in [2.45, 2.75) is 6.92 Å². The second kappa shape index (κ2) is 4.60. The third kappa shape index (κ3) is 2.32. The Labute approximate surface area is 106 Å². The number of phenolic OH excluding ortho intramolecular Hbond substituents is 1. The summed E-state index contributed by atoms with van der Waals surface area (Å²) in [5.41, 5.74) is 1.60. The Balaban J connectivity index is 2.51. The number of aryl methyl sites for hydroxylation is 1. The van der Waals surface area contributed by atoms with Gasteiger partial charge in [0, 0.05) is 10.6 Å². The summed E-state index contributed by atoms with van der Waals surface area (Å²) >= 11 is 6.01. The van der Waals surface area contributed by atoms with Gasteiger partial charge in [0.1, 0.15) is 5.75 Å². The molecule has 0 aliphatic rings. The van der Waals surface area contributed by atoms with Crippen LogP contribution in [0.3, 0.4) is 0 Å². The van der Waals surface area contributed by atoms with Crippen molar-refractivity contribution in [3.63, 3.8) is 0 Å². The van der Waals surface area contributed by atoms with Crippen LogP contribution in [0.15, 0.2) is 42.5 Å². The zero-order chi connectivity index (χ0) is 13.1. The van der Waals surface area contributed by atoms with Crippen molar-refractivity contribution in [1.82, 2.24) is 0 Å². The second-order valence-electron chi connectivity index (χ2n) is 3.79. The fraction of sp³-hybridized carbons (Fsp3) is 0.0714. The molecule has 1 N–H and O–H groups in total. The predicted octanol–water partition coefficient (Wildman–Crippen LogP) is 3.59. The Bertz CT molecular complexity index is 582. The number of hydrogen-bond donors (Lipinski definition) is 1. The molecule has 2 nitrogen and oxygen atoms in total. The lowest BCUT2D eigenvalue weighted by molar-refractivity contribution is 0.103. The van der Waals surface area contributed by atoms with Gasteiger partial charge in [0.2, 0.25) is 0 Å². The van der Waals surface area contributed by atoms with E-state index in [1.807, 2.05) is 6.07 Å². The topological polar surface area (TPSA) is 37.3 Å². The molecule has 17 heavy (non-hydrogen) atoms. The smallest absolute Gasteiger partial charge is 0.293 e. The highest BCUT2D eigenvalue weighted by Crippen LogP contribution is 2.27. The van der Waals surface area contributed by atoms with Crippen molar-refractivity contribution in [1.29, 1.82) is 1.43 Å². The van der Waals surface area contributed by atoms with Crippen molar-refractivity contribution in [3.05, 3.63) is 64.2 Å². The first-order chi connectivity index (χ1) is 8.63. The molecule has 0 fully saturated rings. The van der Waals surface area contributed by atoms with E-state index in [4.69, 9.17) is 13.0 Å². The van der Waals surface area contributed by atoms with Gasteiger partial charge in [0.25, 0.3) is 1.43 Å². The number of hydrogen-bond acceptors (Lipinski definition) is 2. The van der Waals surface area contributed by atoms with Crippen molar-refractivity contribution in [2.24, 2.45) is 0 Å². The standard InChI is InChI=1S/C14H11ClO2/c1-9-7-13(16)11(8-12(9)15)14(17)10-5-3-2-4-6-10/h2-8,16H,1H3/i/hD. The van der Waals surface area contributed by atoms with Crippen LogP contribution in [-0.4, -0.2) is 12.3 Å². The summed E-state index contributed by atoms with van der Waals surface area (Å²) in [6.07, 6.45) is 0. The summed E-state index contributed by atoms with van der Waals surface area (Å²) in [4.78, 5) is 12.3. The Morgan fingerprint density at radius 3 is 2.65 bits per heavy atom. The fourth-order valence-corrected chi connectivity index (χ4v) is 1.74. The van der Waals surface area contributed by atoms with E-state index in [1.165, 1.54) is 6.07 Å². The van der Waals surface area contributed by atoms with Crippen molar-refractivity contribution >= 4 is 17.4 Å². The van der Waals surface area contributed by atoms with E-state index in [2.05, 4.69) is 5.11 Å². The van der Waals surface area contributed by atoms with Crippen LogP contribution in [0.2, 0.25) is 5.02 Å². The first-order valence-corrected chi connectivity index (χ1v) is 5.54. The van der Waals surface area contributed by atoms with Crippen LogP contribution in [0.5, 0.6) is 5.75 Å². The van der Waals surface area contributed by atoms with Crippen molar-refractivity contribution < 1.29 is 9.90 Å². The van der Waals surface area contributed by atoms with Crippen molar-refractivity contribution in [2.75, 3.05) is 0 Å². The highest BCUT2D eigenvalue weighted by atomic mass is 35.5. The van der Waals surface area contributed by atoms with Crippen LogP contribution in [0.4, 0.5) is 0 Å². The van der Waals surface area contributed by atoms with Crippen LogP contribution in [-0.2, 0) is 0 Å². The third-order valence-electron chi connectivity index (χ3n) is 2.54. The zero-order valence-corrected chi connectivity index (χ0v) is 9.99. The minimum Gasteiger partial charge on any atom is -0.507 e. The summed E-state index contributed by atoms with van der Waals surface area (Å²) in [7, 11) is 0. The summed E-state index contributed by atoms with van der Waals surface area (Å²) in [5, 5.41) is 4.98. The molecule has 3 heteroatoms. The normalized spacial score (nSPS) is 10.8. The molecule has 0 spiro atoms. The molecule has 2 aromatic carbocycles. The molecule has 86 valence electrons. The van der Waals surface area contributed by atoms with Gasteiger partial charge in [-0.2, -0.15) is 0 Å². The molecule has 0 heterocycles. The largest absolute Gasteiger partial charge is 0.507 e. The lowest BCUT2D eigenvalue weighted by Gasteiger charge is -2.06. The van der Waals surface area contributed by atoms with E-state index in [0.717, 1.165) is 5.56 Å². The number of ketones is 1. The SMILES string of the molecule is [2H]Oc1cc(C)c(Cl)cc1C(=O)c1ccccc1. The Morgan fingerprint density at radius 2 is 2.00 bits per heavy atom. The zero-order valence-electron chi connectivity index (χ0n) is 10.2. The molecule has 0 amide bonds. The maximum atomic E-state index is 12.3. The minimum absolute atomic E-state index is 0.209. The molecular formula is C14H11ClO2. The lowest BCUT2D eigenvalue weighted by atomic mass is 10.0. The van der Waals surface area contributed by atoms with Gasteiger partial charge in [0.05, 0.1) is 5.56 Å². The number of benzene rings is 2. The number of carbonyl (C=O) groups excluding carboxylic acids is 1. The molecule has 0 bridgehead atoms. The highest BCUT2D eigenvalue weighted by Gasteiger charge is 2.14. The highest BCUT2D eigenvalue weighted by molar-refractivity contribution is 6.32. The number of phenols is 1. The van der Waals surface area contributed by atoms with Crippen molar-refractivity contribution in [3.8, 4) is 5.75 Å². The maximum absolute atomic E-state index is 12.3. The van der Waals surface area contributed by atoms with Gasteiger partial charge < -0.3 is 5.11 Å². The van der Waals surface area contributed by atoms with Gasteiger partial charge in [-0.1, -0.05) is 41.9 Å². The number of rotatable bonds is 3. The predicted molar refractivity (Wildman–Crippen MR) is 67.7 cm³/mol. The number of carbonyl (C=O) groups is 1. The van der Waals surface area contributed by atoms with Gasteiger partial charge in [-0.05, 0) is 24.6 Å². The first kappa shape index (κ1) is 10.4. The molecular weight excluding hydrogens is 236 g/mol. The monoisotopic (exact) mass is 247 g/mol. The average Bonchev–Trinajstić information content (AvgIpc) is 2.41. The van der Waals surface area contributed by atoms with Crippen LogP contribution in [0.1, 0.15) is 21.5 Å². The fourth-order valence-electron chi connectivity index (χ4n) is 1.58. The van der Waals surface area contributed by atoms with E-state index in [-0.39, 0.29) is 11.5 Å². The number of halogens is 1. The molecule has 0 saturated carbocycles. The van der Waals surface area contributed by atoms with E-state index in [9.17, 15) is 4.79 Å². The quantitative estimate of drug-likeness (QED) is 0.842. The van der Waals surface area contributed by atoms with Gasteiger partial charge in [0.15, 0.2) is 5.78 Å². The van der Waals surface area contributed by atoms with E-state index in [1.54, 1.807) is 37.3 Å². The van der Waals surface area contributed by atoms with Gasteiger partial charge in [-0.15, -0.1) is 0 Å². The Morgan fingerprint density at radius 1 is 1.29 bits per heavy atom. The Hall–Kier alpha value is -1.80. The second-order valence-corrected chi connectivity index (χ2v) is 4.20. The molecule has 0 aromatic heterocycles. The van der Waals surface area contributed by atoms with Gasteiger partial charge >= 0.3 is 0 Å². The van der Waals surface area contributed by atoms with E-state index < -0.39 is 0 Å². The van der Waals surface area contributed by atoms with Crippen LogP contribution >= 0.6 is 11.6 Å². The molecule has 0 aliphatic carbocycles. The maximum Gasteiger partial charge on any atom is 0.293 e. The first-order valence-electron chi connectivity index (χ1n) is 5.57. The molecule has 0 unspecified atom stereocenters. The summed E-state index contributed by atoms with van der Waals surface area (Å²) in [6, 6.07) is 11.9. The minimum atomic E-state index is -0.209. The van der Waals surface area contributed by atoms with Gasteiger partial charge in [-0.25, -0.2) is 0 Å². The van der Waals surface area contributed by atoms with Gasteiger partial charge in [-0.3, -0.25) is 4.79 Å². The number of aromatic hydroxyl groups is 1. The molecule has 0 saturated heterocycles. The lowest BCUT2D eigenvalue weighted by Crippen LogP contribution is -2.01. The molecule has 0 aliphatic heterocycles. The molecule has 2 aromatic rings. The van der Waals surface area contributed by atoms with Crippen LogP contribution in [0, 0.1) is 6.92 Å². The summed E-state index contributed by atoms with van der Waals surface area (Å²) in [6.45, 7) is 1.79. The summed E-state index contributed by atoms with van der Waals surface area (Å²) < 4.78 is 7.01. The average molecular weight is 248 g/mol. The van der Waals surface area contributed by atoms with E-state index >= 15 is 0 Å². The van der Waals surface area contributed by atoms with E-state index in [0.29, 0.717) is 16.1 Å². The van der Waals surface area contributed by atoms with Crippen LogP contribution in [0.25, 0.3) is 0 Å². The molecule has 2 rings (SSSR count). The third-order valence-corrected chi connectivity index (χ3v) is 2.95. The molecule has 0 atom stereocenters. The van der Waals surface area contributed by atoms with Crippen LogP contribution < -0.4 is 0 Å². The Kier molecular flexibility index (Phi) is 2.80.